The van der Waals surface area contributed by atoms with Gasteiger partial charge in [-0.15, -0.1) is 10.2 Å². The quantitative estimate of drug-likeness (QED) is 0.337. The summed E-state index contributed by atoms with van der Waals surface area (Å²) in [5, 5.41) is 12.8. The van der Waals surface area contributed by atoms with E-state index in [4.69, 9.17) is 0 Å². The largest absolute Gasteiger partial charge is 0.355 e. The van der Waals surface area contributed by atoms with E-state index in [9.17, 15) is 9.59 Å². The minimum atomic E-state index is -0.144. The van der Waals surface area contributed by atoms with Crippen LogP contribution in [0.3, 0.4) is 0 Å². The number of benzene rings is 2. The SMILES string of the molecule is CCCCCNC(=O)CSc1nnc2n(-c3ccccc3C)c(=O)c3ccccc3n12. The van der Waals surface area contributed by atoms with Crippen LogP contribution in [-0.2, 0) is 4.79 Å². The number of hydrogen-bond donors (Lipinski definition) is 1. The summed E-state index contributed by atoms with van der Waals surface area (Å²) in [5.74, 6) is 0.642. The number of aryl methyl sites for hydroxylation is 1. The topological polar surface area (TPSA) is 81.3 Å². The van der Waals surface area contributed by atoms with Crippen molar-refractivity contribution in [2.75, 3.05) is 12.3 Å². The smallest absolute Gasteiger partial charge is 0.267 e. The highest BCUT2D eigenvalue weighted by molar-refractivity contribution is 7.99. The molecule has 0 saturated carbocycles. The highest BCUT2D eigenvalue weighted by atomic mass is 32.2. The Balaban J connectivity index is 1.75. The van der Waals surface area contributed by atoms with Crippen LogP contribution in [0.1, 0.15) is 31.7 Å². The van der Waals surface area contributed by atoms with Crippen molar-refractivity contribution in [1.82, 2.24) is 24.5 Å². The molecule has 0 bridgehead atoms. The van der Waals surface area contributed by atoms with Crippen LogP contribution in [0.25, 0.3) is 22.4 Å². The number of aromatic nitrogens is 4. The van der Waals surface area contributed by atoms with E-state index in [1.165, 1.54) is 11.8 Å². The Bertz CT molecular complexity index is 1290. The molecule has 1 amide bonds. The zero-order valence-electron chi connectivity index (χ0n) is 17.7. The van der Waals surface area contributed by atoms with Crippen LogP contribution >= 0.6 is 11.8 Å². The first-order chi connectivity index (χ1) is 15.1. The van der Waals surface area contributed by atoms with E-state index in [-0.39, 0.29) is 17.2 Å². The molecule has 0 aliphatic carbocycles. The van der Waals surface area contributed by atoms with E-state index in [1.807, 2.05) is 53.8 Å². The van der Waals surface area contributed by atoms with Gasteiger partial charge >= 0.3 is 0 Å². The molecule has 0 radical (unpaired) electrons. The molecule has 0 saturated heterocycles. The fraction of sp³-hybridized carbons (Fsp3) is 0.304. The zero-order valence-corrected chi connectivity index (χ0v) is 18.5. The van der Waals surface area contributed by atoms with Crippen LogP contribution in [0.2, 0.25) is 0 Å². The number of carbonyl (C=O) groups is 1. The molecule has 8 heteroatoms. The molecule has 0 fully saturated rings. The monoisotopic (exact) mass is 435 g/mol. The lowest BCUT2D eigenvalue weighted by molar-refractivity contribution is -0.118. The lowest BCUT2D eigenvalue weighted by Gasteiger charge is -2.13. The van der Waals surface area contributed by atoms with Gasteiger partial charge in [0.25, 0.3) is 5.56 Å². The van der Waals surface area contributed by atoms with Gasteiger partial charge in [0.1, 0.15) is 0 Å². The molecule has 4 aromatic rings. The van der Waals surface area contributed by atoms with E-state index in [1.54, 1.807) is 10.6 Å². The molecular formula is C23H25N5O2S. The number of carbonyl (C=O) groups excluding carboxylic acids is 1. The Morgan fingerprint density at radius 3 is 2.65 bits per heavy atom. The number of thioether (sulfide) groups is 1. The normalized spacial score (nSPS) is 11.3. The summed E-state index contributed by atoms with van der Waals surface area (Å²) in [6, 6.07) is 15.1. The zero-order chi connectivity index (χ0) is 21.8. The van der Waals surface area contributed by atoms with Gasteiger partial charge in [0, 0.05) is 6.54 Å². The maximum Gasteiger partial charge on any atom is 0.267 e. The third-order valence-corrected chi connectivity index (χ3v) is 6.11. The molecule has 160 valence electrons. The van der Waals surface area contributed by atoms with Crippen LogP contribution in [0.5, 0.6) is 0 Å². The van der Waals surface area contributed by atoms with Crippen molar-refractivity contribution in [3.05, 3.63) is 64.4 Å². The Kier molecular flexibility index (Phi) is 6.36. The predicted octanol–water partition coefficient (Wildman–Crippen LogP) is 3.74. The summed E-state index contributed by atoms with van der Waals surface area (Å²) in [7, 11) is 0. The highest BCUT2D eigenvalue weighted by Crippen LogP contribution is 2.24. The molecule has 0 aliphatic rings. The number of nitrogens with one attached hydrogen (secondary N) is 1. The fourth-order valence-corrected chi connectivity index (χ4v) is 4.36. The van der Waals surface area contributed by atoms with E-state index < -0.39 is 0 Å². The number of fused-ring (bicyclic) bond motifs is 3. The van der Waals surface area contributed by atoms with Gasteiger partial charge in [-0.1, -0.05) is 61.9 Å². The second-order valence-corrected chi connectivity index (χ2v) is 8.35. The molecule has 1 N–H and O–H groups in total. The van der Waals surface area contributed by atoms with Crippen molar-refractivity contribution in [2.24, 2.45) is 0 Å². The minimum Gasteiger partial charge on any atom is -0.355 e. The Morgan fingerprint density at radius 1 is 1.06 bits per heavy atom. The average molecular weight is 436 g/mol. The van der Waals surface area contributed by atoms with Crippen molar-refractivity contribution < 1.29 is 4.79 Å². The van der Waals surface area contributed by atoms with Crippen molar-refractivity contribution >= 4 is 34.3 Å². The van der Waals surface area contributed by atoms with Gasteiger partial charge in [0.05, 0.1) is 22.3 Å². The Morgan fingerprint density at radius 2 is 1.84 bits per heavy atom. The third-order valence-electron chi connectivity index (χ3n) is 5.19. The average Bonchev–Trinajstić information content (AvgIpc) is 3.20. The predicted molar refractivity (Wildman–Crippen MR) is 124 cm³/mol. The van der Waals surface area contributed by atoms with E-state index in [2.05, 4.69) is 22.4 Å². The molecular weight excluding hydrogens is 410 g/mol. The molecule has 0 aliphatic heterocycles. The van der Waals surface area contributed by atoms with Gasteiger partial charge in [-0.3, -0.25) is 14.0 Å². The first-order valence-corrected chi connectivity index (χ1v) is 11.4. The van der Waals surface area contributed by atoms with Crippen LogP contribution in [-0.4, -0.2) is 37.4 Å². The van der Waals surface area contributed by atoms with Gasteiger partial charge < -0.3 is 5.32 Å². The van der Waals surface area contributed by atoms with E-state index >= 15 is 0 Å². The lowest BCUT2D eigenvalue weighted by Crippen LogP contribution is -2.26. The van der Waals surface area contributed by atoms with Crippen molar-refractivity contribution in [2.45, 2.75) is 38.3 Å². The summed E-state index contributed by atoms with van der Waals surface area (Å²) in [5.41, 5.74) is 2.31. The van der Waals surface area contributed by atoms with E-state index in [0.717, 1.165) is 36.0 Å². The number of amides is 1. The summed E-state index contributed by atoms with van der Waals surface area (Å²) in [4.78, 5) is 25.6. The number of nitrogens with zero attached hydrogens (tertiary/aromatic N) is 4. The van der Waals surface area contributed by atoms with E-state index in [0.29, 0.717) is 22.9 Å². The molecule has 2 aromatic heterocycles. The summed E-state index contributed by atoms with van der Waals surface area (Å²) in [6.07, 6.45) is 3.20. The van der Waals surface area contributed by atoms with Gasteiger partial charge in [0.2, 0.25) is 11.7 Å². The van der Waals surface area contributed by atoms with Gasteiger partial charge in [0.15, 0.2) is 5.16 Å². The minimum absolute atomic E-state index is 0.0330. The molecule has 2 heterocycles. The first kappa shape index (κ1) is 21.1. The number of unbranched alkanes of at least 4 members (excludes halogenated alkanes) is 2. The standard InChI is InChI=1S/C23H25N5O2S/c1-3-4-9-14-24-20(29)15-31-23-26-25-22-27(18-12-7-5-10-16(18)2)21(30)17-11-6-8-13-19(17)28(22)23/h5-8,10-13H,3-4,9,14-15H2,1-2H3,(H,24,29). The first-order valence-electron chi connectivity index (χ1n) is 10.5. The van der Waals surface area contributed by atoms with Crippen molar-refractivity contribution in [1.29, 1.82) is 0 Å². The van der Waals surface area contributed by atoms with Gasteiger partial charge in [-0.05, 0) is 37.1 Å². The number of rotatable bonds is 8. The number of para-hydroxylation sites is 2. The number of hydrogen-bond acceptors (Lipinski definition) is 5. The van der Waals surface area contributed by atoms with Crippen LogP contribution < -0.4 is 10.9 Å². The second-order valence-electron chi connectivity index (χ2n) is 7.41. The molecule has 0 spiro atoms. The van der Waals surface area contributed by atoms with Crippen LogP contribution in [0.15, 0.2) is 58.5 Å². The maximum absolute atomic E-state index is 13.4. The van der Waals surface area contributed by atoms with Crippen molar-refractivity contribution in [3.8, 4) is 5.69 Å². The summed E-state index contributed by atoms with van der Waals surface area (Å²) < 4.78 is 3.46. The van der Waals surface area contributed by atoms with Crippen LogP contribution in [0.4, 0.5) is 0 Å². The third kappa shape index (κ3) is 4.20. The Hall–Kier alpha value is -3.13. The molecule has 2 aromatic carbocycles. The maximum atomic E-state index is 13.4. The molecule has 31 heavy (non-hydrogen) atoms. The lowest BCUT2D eigenvalue weighted by atomic mass is 10.2. The fourth-order valence-electron chi connectivity index (χ4n) is 3.59. The van der Waals surface area contributed by atoms with Gasteiger partial charge in [-0.25, -0.2) is 4.57 Å². The molecule has 0 atom stereocenters. The summed E-state index contributed by atoms with van der Waals surface area (Å²) >= 11 is 1.32. The molecule has 4 rings (SSSR count). The molecule has 7 nitrogen and oxygen atoms in total. The highest BCUT2D eigenvalue weighted by Gasteiger charge is 2.19. The van der Waals surface area contributed by atoms with Crippen LogP contribution in [0, 0.1) is 6.92 Å². The van der Waals surface area contributed by atoms with Crippen molar-refractivity contribution in [3.63, 3.8) is 0 Å². The Labute approximate surface area is 184 Å². The molecule has 0 unspecified atom stereocenters. The second kappa shape index (κ2) is 9.34. The van der Waals surface area contributed by atoms with Gasteiger partial charge in [-0.2, -0.15) is 0 Å². The summed E-state index contributed by atoms with van der Waals surface area (Å²) in [6.45, 7) is 4.78.